The Morgan fingerprint density at radius 3 is 1.09 bits per heavy atom. The van der Waals surface area contributed by atoms with Crippen LogP contribution in [0, 0.1) is 82.1 Å². The summed E-state index contributed by atoms with van der Waals surface area (Å²) >= 11 is 0. The smallest absolute Gasteiger partial charge is 0.349 e. The molecule has 3 aliphatic carbocycles. The predicted octanol–water partition coefficient (Wildman–Crippen LogP) is 9.12. The second kappa shape index (κ2) is 35.2. The van der Waals surface area contributed by atoms with E-state index in [9.17, 15) is 49.8 Å². The Balaban J connectivity index is 0.992. The largest absolute Gasteiger partial charge is 0.490 e. The SMILES string of the molecule is [C-]#[N+]C1=C(N2CCCC2)CC(C(=O)OCCOc2ccccc2)C/C1=C(/[N+]#[C-])C(=O)OCC(COC(=O)/C(C#N)=C1\CC(C(=O)OCCOc2ccccc2)CC(N2CCCC2)=C1C#N)COC(=O)/C(C#N)=C1\CC(C(=O)OCCOc2ccccc2)CC(N2CCCC2)=C1C#N. The maximum atomic E-state index is 14.5. The normalized spacial score (nSPS) is 20.2. The van der Waals surface area contributed by atoms with Gasteiger partial charge in [-0.2, -0.15) is 21.0 Å². The molecule has 3 saturated heterocycles. The van der Waals surface area contributed by atoms with Crippen LogP contribution >= 0.6 is 0 Å². The first-order valence-corrected chi connectivity index (χ1v) is 32.4. The van der Waals surface area contributed by atoms with E-state index in [4.69, 9.17) is 55.8 Å². The number of allylic oxidation sites excluding steroid dienone is 8. The first-order valence-electron chi connectivity index (χ1n) is 32.4. The van der Waals surface area contributed by atoms with E-state index in [0.717, 1.165) is 38.5 Å². The lowest BCUT2D eigenvalue weighted by Crippen LogP contribution is -2.32. The van der Waals surface area contributed by atoms with Crippen LogP contribution in [0.15, 0.2) is 158 Å². The minimum atomic E-state index is -1.36. The number of carbonyl (C=O) groups excluding carboxylic acids is 6. The van der Waals surface area contributed by atoms with E-state index in [0.29, 0.717) is 73.6 Å². The number of likely N-dealkylation sites (tertiary alicyclic amines) is 3. The Morgan fingerprint density at radius 2 is 0.763 bits per heavy atom. The highest BCUT2D eigenvalue weighted by atomic mass is 16.6. The number of nitrogens with zero attached hydrogens (tertiary/aromatic N) is 9. The van der Waals surface area contributed by atoms with Crippen LogP contribution in [0.5, 0.6) is 17.2 Å². The molecule has 6 aliphatic rings. The Hall–Kier alpha value is -11.3. The number of para-hydroxylation sites is 3. The van der Waals surface area contributed by atoms with Crippen LogP contribution in [0.2, 0.25) is 0 Å². The molecule has 500 valence electrons. The van der Waals surface area contributed by atoms with Gasteiger partial charge in [0.05, 0.1) is 54.6 Å². The molecule has 3 aromatic carbocycles. The van der Waals surface area contributed by atoms with Crippen molar-refractivity contribution < 1.29 is 71.4 Å². The summed E-state index contributed by atoms with van der Waals surface area (Å²) in [7, 11) is 0. The van der Waals surface area contributed by atoms with Gasteiger partial charge in [0.15, 0.2) is 5.70 Å². The number of benzene rings is 3. The average Bonchev–Trinajstić information content (AvgIpc) is 1.79. The molecule has 3 atom stereocenters. The van der Waals surface area contributed by atoms with Gasteiger partial charge in [0.25, 0.3) is 5.70 Å². The van der Waals surface area contributed by atoms with Gasteiger partial charge in [-0.1, -0.05) is 54.6 Å². The highest BCUT2D eigenvalue weighted by Crippen LogP contribution is 2.43. The van der Waals surface area contributed by atoms with Gasteiger partial charge in [0.1, 0.15) is 106 Å². The van der Waals surface area contributed by atoms with E-state index in [1.165, 1.54) is 0 Å². The number of esters is 6. The van der Waals surface area contributed by atoms with Crippen molar-refractivity contribution >= 4 is 35.8 Å². The second-order valence-electron chi connectivity index (χ2n) is 23.7. The topological polar surface area (TPSA) is 299 Å². The molecule has 0 aromatic heterocycles. The molecule has 3 heterocycles. The predicted molar refractivity (Wildman–Crippen MR) is 343 cm³/mol. The van der Waals surface area contributed by atoms with Crippen molar-refractivity contribution in [2.45, 2.75) is 77.0 Å². The monoisotopic (exact) mass is 1320 g/mol. The second-order valence-corrected chi connectivity index (χ2v) is 23.7. The summed E-state index contributed by atoms with van der Waals surface area (Å²) in [4.78, 5) is 98.3. The summed E-state index contributed by atoms with van der Waals surface area (Å²) < 4.78 is 51.6. The zero-order valence-corrected chi connectivity index (χ0v) is 53.7. The third kappa shape index (κ3) is 18.3. The quantitative estimate of drug-likeness (QED) is 0.0171. The number of hydrogen-bond donors (Lipinski definition) is 0. The van der Waals surface area contributed by atoms with E-state index in [1.54, 1.807) is 72.8 Å². The standard InChI is InChI=1S/C73H73N9O15/c1-78-66-58(38-52(41-65(66)82-28-16-17-29-82)70(85)94-35-32-91-55-22-10-5-11-23-55)67(79-2)73(88)97-48-49(46-95-71(86)61(44-76)56-36-50(39-63(59(56)42-74)80-24-12-13-25-80)68(83)92-33-30-89-53-18-6-3-7-19-53)47-96-72(87)62(45-77)57-37-51(40-64(60(57)43-75)81-26-14-15-27-81)69(84)93-34-31-90-54-20-8-4-9-21-54/h3-11,18-23,49-52H,12-17,24-41,46-48H2/b61-56+,62-57+,67-58-. The van der Waals surface area contributed by atoms with E-state index in [-0.39, 0.29) is 112 Å². The van der Waals surface area contributed by atoms with Gasteiger partial charge in [0.2, 0.25) is 0 Å². The van der Waals surface area contributed by atoms with Crippen molar-refractivity contribution in [2.24, 2.45) is 23.7 Å². The fourth-order valence-corrected chi connectivity index (χ4v) is 12.6. The molecular formula is C73H73N9O15. The molecule has 0 saturated carbocycles. The van der Waals surface area contributed by atoms with Gasteiger partial charge in [-0.15, -0.1) is 0 Å². The van der Waals surface area contributed by atoms with E-state index in [2.05, 4.69) is 21.8 Å². The fourth-order valence-electron chi connectivity index (χ4n) is 12.6. The lowest BCUT2D eigenvalue weighted by atomic mass is 9.81. The van der Waals surface area contributed by atoms with Crippen LogP contribution in [-0.4, -0.2) is 149 Å². The fraction of sp³-hybridized carbons (Fsp3) is 0.425. The molecular weight excluding hydrogens is 1240 g/mol. The van der Waals surface area contributed by atoms with Crippen molar-refractivity contribution in [1.29, 1.82) is 21.0 Å². The van der Waals surface area contributed by atoms with Crippen LogP contribution in [0.1, 0.15) is 77.0 Å². The summed E-state index contributed by atoms with van der Waals surface area (Å²) in [5.74, 6) is -8.24. The highest BCUT2D eigenvalue weighted by Gasteiger charge is 2.41. The zero-order chi connectivity index (χ0) is 68.5. The first-order chi connectivity index (χ1) is 47.4. The van der Waals surface area contributed by atoms with Gasteiger partial charge in [-0.3, -0.25) is 19.2 Å². The van der Waals surface area contributed by atoms with Crippen LogP contribution in [0.3, 0.4) is 0 Å². The summed E-state index contributed by atoms with van der Waals surface area (Å²) in [6.45, 7) is 17.3. The molecule has 3 aliphatic heterocycles. The van der Waals surface area contributed by atoms with Crippen molar-refractivity contribution in [1.82, 2.24) is 14.7 Å². The maximum absolute atomic E-state index is 14.5. The third-order valence-corrected chi connectivity index (χ3v) is 17.4. The number of ether oxygens (including phenoxy) is 9. The molecule has 0 spiro atoms. The summed E-state index contributed by atoms with van der Waals surface area (Å²) in [5, 5.41) is 43.1. The maximum Gasteiger partial charge on any atom is 0.349 e. The first kappa shape index (κ1) is 70.0. The Kier molecular flexibility index (Phi) is 25.4. The minimum absolute atomic E-state index is 0.00204. The summed E-state index contributed by atoms with van der Waals surface area (Å²) in [6.07, 6.45) is 4.17. The van der Waals surface area contributed by atoms with Crippen LogP contribution in [0.4, 0.5) is 0 Å². The van der Waals surface area contributed by atoms with Crippen molar-refractivity contribution in [3.8, 4) is 41.5 Å². The molecule has 0 amide bonds. The van der Waals surface area contributed by atoms with Gasteiger partial charge in [-0.05, 0) is 117 Å². The molecule has 0 radical (unpaired) electrons. The van der Waals surface area contributed by atoms with Crippen LogP contribution < -0.4 is 14.2 Å². The Labute approximate surface area is 562 Å². The molecule has 3 aromatic rings. The number of rotatable bonds is 27. The summed E-state index contributed by atoms with van der Waals surface area (Å²) in [5.41, 5.74) is -0.725. The Bertz CT molecular complexity index is 3480. The van der Waals surface area contributed by atoms with Gasteiger partial charge in [0, 0.05) is 69.2 Å². The van der Waals surface area contributed by atoms with Crippen molar-refractivity contribution in [3.63, 3.8) is 0 Å². The van der Waals surface area contributed by atoms with Crippen LogP contribution in [-0.2, 0) is 57.2 Å². The van der Waals surface area contributed by atoms with Gasteiger partial charge in [-0.25, -0.2) is 19.3 Å². The minimum Gasteiger partial charge on any atom is -0.490 e. The highest BCUT2D eigenvalue weighted by molar-refractivity contribution is 5.97. The molecule has 0 bridgehead atoms. The molecule has 3 fully saturated rings. The lowest BCUT2D eigenvalue weighted by molar-refractivity contribution is -0.151. The molecule has 9 rings (SSSR count). The molecule has 24 nitrogen and oxygen atoms in total. The molecule has 24 heteroatoms. The third-order valence-electron chi connectivity index (χ3n) is 17.4. The average molecular weight is 1320 g/mol. The summed E-state index contributed by atoms with van der Waals surface area (Å²) in [6, 6.07) is 34.8. The van der Waals surface area contributed by atoms with Crippen molar-refractivity contribution in [3.05, 3.63) is 181 Å². The van der Waals surface area contributed by atoms with Gasteiger partial charge >= 0.3 is 35.8 Å². The Morgan fingerprint density at radius 1 is 0.433 bits per heavy atom. The van der Waals surface area contributed by atoms with E-state index < -0.39 is 96.2 Å². The molecule has 97 heavy (non-hydrogen) atoms. The molecule has 3 unspecified atom stereocenters. The van der Waals surface area contributed by atoms with Crippen molar-refractivity contribution in [2.75, 3.05) is 98.7 Å². The zero-order valence-electron chi connectivity index (χ0n) is 53.7. The number of hydrogen-bond acceptors (Lipinski definition) is 22. The number of nitriles is 4. The van der Waals surface area contributed by atoms with E-state index >= 15 is 0 Å². The van der Waals surface area contributed by atoms with E-state index in [1.807, 2.05) is 45.0 Å². The number of carbonyl (C=O) groups is 6. The molecule has 0 N–H and O–H groups in total. The lowest BCUT2D eigenvalue weighted by Gasteiger charge is -2.32. The van der Waals surface area contributed by atoms with Gasteiger partial charge < -0.3 is 57.3 Å². The van der Waals surface area contributed by atoms with Crippen LogP contribution in [0.25, 0.3) is 9.69 Å².